The molecule has 0 aliphatic heterocycles. The Hall–Kier alpha value is -2.15. The van der Waals surface area contributed by atoms with Gasteiger partial charge in [-0.25, -0.2) is 0 Å². The van der Waals surface area contributed by atoms with Crippen molar-refractivity contribution in [3.05, 3.63) is 53.6 Å². The van der Waals surface area contributed by atoms with Crippen LogP contribution in [0.3, 0.4) is 0 Å². The zero-order valence-corrected chi connectivity index (χ0v) is 13.2. The third kappa shape index (κ3) is 3.73. The molecule has 6 nitrogen and oxygen atoms in total. The standard InChI is InChI=1S/C15H16N4O2S/c1-10(14-18-16-11(2)20-14)22-15-19-17-13(21-15)9-8-12-6-4-3-5-7-12/h3-7,10H,8-9H2,1-2H3/t10-/m0/s1. The molecule has 2 heterocycles. The summed E-state index contributed by atoms with van der Waals surface area (Å²) in [6.07, 6.45) is 1.61. The Morgan fingerprint density at radius 2 is 1.82 bits per heavy atom. The molecule has 0 amide bonds. The van der Waals surface area contributed by atoms with Crippen molar-refractivity contribution in [3.8, 4) is 0 Å². The van der Waals surface area contributed by atoms with Gasteiger partial charge in [-0.05, 0) is 18.9 Å². The lowest BCUT2D eigenvalue weighted by atomic mass is 10.1. The molecule has 1 aromatic carbocycles. The second-order valence-corrected chi connectivity index (χ2v) is 6.16. The van der Waals surface area contributed by atoms with Crippen LogP contribution in [0.1, 0.15) is 35.4 Å². The van der Waals surface area contributed by atoms with Crippen LogP contribution in [0.4, 0.5) is 0 Å². The van der Waals surface area contributed by atoms with Crippen molar-refractivity contribution in [3.63, 3.8) is 0 Å². The molecule has 22 heavy (non-hydrogen) atoms. The van der Waals surface area contributed by atoms with Gasteiger partial charge in [0, 0.05) is 13.3 Å². The van der Waals surface area contributed by atoms with Crippen LogP contribution >= 0.6 is 11.8 Å². The molecule has 0 aliphatic carbocycles. The van der Waals surface area contributed by atoms with Gasteiger partial charge in [0.05, 0.1) is 5.25 Å². The first-order valence-corrected chi connectivity index (χ1v) is 7.91. The molecule has 0 saturated heterocycles. The number of thioether (sulfide) groups is 1. The molecule has 0 spiro atoms. The molecule has 0 radical (unpaired) electrons. The molecule has 1 atom stereocenters. The topological polar surface area (TPSA) is 77.8 Å². The number of benzene rings is 1. The maximum absolute atomic E-state index is 5.66. The third-order valence-electron chi connectivity index (χ3n) is 3.09. The van der Waals surface area contributed by atoms with Gasteiger partial charge in [-0.1, -0.05) is 42.1 Å². The Kier molecular flexibility index (Phi) is 4.53. The largest absolute Gasteiger partial charge is 0.424 e. The number of rotatable bonds is 6. The Balaban J connectivity index is 1.57. The van der Waals surface area contributed by atoms with Crippen LogP contribution in [0.15, 0.2) is 44.4 Å². The normalized spacial score (nSPS) is 12.5. The van der Waals surface area contributed by atoms with E-state index in [1.165, 1.54) is 17.3 Å². The second-order valence-electron chi connectivity index (χ2n) is 4.87. The third-order valence-corrected chi connectivity index (χ3v) is 4.01. The van der Waals surface area contributed by atoms with Crippen LogP contribution in [0.25, 0.3) is 0 Å². The lowest BCUT2D eigenvalue weighted by Gasteiger charge is -2.01. The van der Waals surface area contributed by atoms with E-state index in [0.717, 1.165) is 12.8 Å². The van der Waals surface area contributed by atoms with Crippen molar-refractivity contribution in [2.75, 3.05) is 0 Å². The predicted octanol–water partition coefficient (Wildman–Crippen LogP) is 3.40. The fraction of sp³-hybridized carbons (Fsp3) is 0.333. The van der Waals surface area contributed by atoms with Crippen LogP contribution < -0.4 is 0 Å². The molecule has 0 fully saturated rings. The summed E-state index contributed by atoms with van der Waals surface area (Å²) in [7, 11) is 0. The van der Waals surface area contributed by atoms with E-state index in [2.05, 4.69) is 32.5 Å². The molecule has 3 rings (SSSR count). The summed E-state index contributed by atoms with van der Waals surface area (Å²) < 4.78 is 11.1. The van der Waals surface area contributed by atoms with Gasteiger partial charge in [0.2, 0.25) is 17.7 Å². The fourth-order valence-electron chi connectivity index (χ4n) is 1.96. The number of hydrogen-bond acceptors (Lipinski definition) is 7. The highest BCUT2D eigenvalue weighted by atomic mass is 32.2. The highest BCUT2D eigenvalue weighted by molar-refractivity contribution is 7.99. The average molecular weight is 316 g/mol. The second kappa shape index (κ2) is 6.74. The molecule has 0 aliphatic rings. The monoisotopic (exact) mass is 316 g/mol. The van der Waals surface area contributed by atoms with Crippen LogP contribution in [-0.4, -0.2) is 20.4 Å². The van der Waals surface area contributed by atoms with Crippen LogP contribution in [0, 0.1) is 6.92 Å². The van der Waals surface area contributed by atoms with Crippen LogP contribution in [-0.2, 0) is 12.8 Å². The van der Waals surface area contributed by atoms with E-state index in [-0.39, 0.29) is 5.25 Å². The minimum atomic E-state index is -0.0244. The molecule has 2 aromatic heterocycles. The van der Waals surface area contributed by atoms with Crippen LogP contribution in [0.5, 0.6) is 0 Å². The van der Waals surface area contributed by atoms with Gasteiger partial charge in [-0.15, -0.1) is 20.4 Å². The summed E-state index contributed by atoms with van der Waals surface area (Å²) in [5.41, 5.74) is 1.25. The molecular weight excluding hydrogens is 300 g/mol. The van der Waals surface area contributed by atoms with Crippen molar-refractivity contribution < 1.29 is 8.83 Å². The molecule has 0 unspecified atom stereocenters. The number of hydrogen-bond donors (Lipinski definition) is 0. The van der Waals surface area contributed by atoms with E-state index in [1.54, 1.807) is 6.92 Å². The Bertz CT molecular complexity index is 726. The van der Waals surface area contributed by atoms with E-state index in [1.807, 2.05) is 25.1 Å². The van der Waals surface area contributed by atoms with E-state index >= 15 is 0 Å². The molecule has 7 heteroatoms. The first-order chi connectivity index (χ1) is 10.7. The molecule has 0 saturated carbocycles. The molecular formula is C15H16N4O2S. The van der Waals surface area contributed by atoms with E-state index < -0.39 is 0 Å². The van der Waals surface area contributed by atoms with Gasteiger partial charge in [0.1, 0.15) is 0 Å². The summed E-state index contributed by atoms with van der Waals surface area (Å²) in [4.78, 5) is 0. The van der Waals surface area contributed by atoms with Gasteiger partial charge in [0.15, 0.2) is 0 Å². The lowest BCUT2D eigenvalue weighted by molar-refractivity contribution is 0.410. The smallest absolute Gasteiger partial charge is 0.277 e. The maximum atomic E-state index is 5.66. The first-order valence-electron chi connectivity index (χ1n) is 7.03. The van der Waals surface area contributed by atoms with Gasteiger partial charge >= 0.3 is 0 Å². The number of aryl methyl sites for hydroxylation is 3. The Morgan fingerprint density at radius 1 is 1.00 bits per heavy atom. The van der Waals surface area contributed by atoms with Crippen molar-refractivity contribution in [1.29, 1.82) is 0 Å². The zero-order chi connectivity index (χ0) is 15.4. The van der Waals surface area contributed by atoms with Gasteiger partial charge < -0.3 is 8.83 Å². The summed E-state index contributed by atoms with van der Waals surface area (Å²) in [6.45, 7) is 3.73. The number of nitrogens with zero attached hydrogens (tertiary/aromatic N) is 4. The molecule has 114 valence electrons. The minimum absolute atomic E-state index is 0.0244. The number of aromatic nitrogens is 4. The summed E-state index contributed by atoms with van der Waals surface area (Å²) in [5.74, 6) is 1.75. The van der Waals surface area contributed by atoms with Gasteiger partial charge in [0.25, 0.3) is 5.22 Å². The summed E-state index contributed by atoms with van der Waals surface area (Å²) >= 11 is 1.42. The predicted molar refractivity (Wildman–Crippen MR) is 81.5 cm³/mol. The Morgan fingerprint density at radius 3 is 2.55 bits per heavy atom. The van der Waals surface area contributed by atoms with Crippen molar-refractivity contribution in [2.45, 2.75) is 37.2 Å². The van der Waals surface area contributed by atoms with E-state index in [4.69, 9.17) is 8.83 Å². The fourth-order valence-corrected chi connectivity index (χ4v) is 2.69. The highest BCUT2D eigenvalue weighted by Gasteiger charge is 2.18. The first kappa shape index (κ1) is 14.8. The van der Waals surface area contributed by atoms with Crippen molar-refractivity contribution in [1.82, 2.24) is 20.4 Å². The molecule has 0 bridgehead atoms. The highest BCUT2D eigenvalue weighted by Crippen LogP contribution is 2.33. The van der Waals surface area contributed by atoms with Crippen LogP contribution in [0.2, 0.25) is 0 Å². The SMILES string of the molecule is Cc1nnc([C@H](C)Sc2nnc(CCc3ccccc3)o2)o1. The molecule has 3 aromatic rings. The maximum Gasteiger partial charge on any atom is 0.277 e. The summed E-state index contributed by atoms with van der Waals surface area (Å²) in [6, 6.07) is 10.2. The summed E-state index contributed by atoms with van der Waals surface area (Å²) in [5, 5.41) is 16.4. The average Bonchev–Trinajstić information content (AvgIpc) is 3.15. The Labute approximate surface area is 132 Å². The van der Waals surface area contributed by atoms with Crippen molar-refractivity contribution >= 4 is 11.8 Å². The minimum Gasteiger partial charge on any atom is -0.424 e. The van der Waals surface area contributed by atoms with Gasteiger partial charge in [-0.2, -0.15) is 0 Å². The quantitative estimate of drug-likeness (QED) is 0.645. The molecule has 0 N–H and O–H groups in total. The zero-order valence-electron chi connectivity index (χ0n) is 12.4. The lowest BCUT2D eigenvalue weighted by Crippen LogP contribution is -1.90. The van der Waals surface area contributed by atoms with Crippen molar-refractivity contribution in [2.24, 2.45) is 0 Å². The van der Waals surface area contributed by atoms with E-state index in [0.29, 0.717) is 22.9 Å². The van der Waals surface area contributed by atoms with E-state index in [9.17, 15) is 0 Å². The van der Waals surface area contributed by atoms with Gasteiger partial charge in [-0.3, -0.25) is 0 Å².